The Bertz CT molecular complexity index is 534. The lowest BCUT2D eigenvalue weighted by atomic mass is 10.2. The Labute approximate surface area is 111 Å². The third-order valence-electron chi connectivity index (χ3n) is 2.77. The van der Waals surface area contributed by atoms with Crippen LogP contribution in [-0.4, -0.2) is 16.0 Å². The highest BCUT2D eigenvalue weighted by atomic mass is 32.2. The number of hydrogen-bond donors (Lipinski definition) is 1. The Morgan fingerprint density at radius 2 is 2.00 bits per heavy atom. The predicted octanol–water partition coefficient (Wildman–Crippen LogP) is 2.70. The largest absolute Gasteiger partial charge is 0.439 e. The molecule has 0 bridgehead atoms. The summed E-state index contributed by atoms with van der Waals surface area (Å²) in [5, 5.41) is 4.32. The molecule has 0 spiro atoms. The summed E-state index contributed by atoms with van der Waals surface area (Å²) in [5.41, 5.74) is 7.59. The lowest BCUT2D eigenvalue weighted by molar-refractivity contribution is 0.425. The van der Waals surface area contributed by atoms with Gasteiger partial charge in [-0.2, -0.15) is 5.10 Å². The minimum absolute atomic E-state index is 0.428. The van der Waals surface area contributed by atoms with Crippen molar-refractivity contribution in [2.24, 2.45) is 12.8 Å². The zero-order chi connectivity index (χ0) is 13.1. The van der Waals surface area contributed by atoms with Crippen LogP contribution < -0.4 is 10.5 Å². The fraction of sp³-hybridized carbons (Fsp3) is 0.308. The molecule has 2 aromatic rings. The number of thioether (sulfide) groups is 1. The molecule has 0 amide bonds. The maximum Gasteiger partial charge on any atom is 0.222 e. The molecule has 0 radical (unpaired) electrons. The summed E-state index contributed by atoms with van der Waals surface area (Å²) in [6, 6.07) is 7.97. The van der Waals surface area contributed by atoms with E-state index in [1.807, 2.05) is 44.5 Å². The molecule has 5 heteroatoms. The first-order valence-electron chi connectivity index (χ1n) is 5.70. The van der Waals surface area contributed by atoms with E-state index in [4.69, 9.17) is 10.5 Å². The first-order valence-corrected chi connectivity index (χ1v) is 6.92. The molecule has 0 atom stereocenters. The highest BCUT2D eigenvalue weighted by Crippen LogP contribution is 2.28. The second kappa shape index (κ2) is 5.46. The molecule has 2 rings (SSSR count). The van der Waals surface area contributed by atoms with Crippen molar-refractivity contribution in [2.45, 2.75) is 18.4 Å². The fourth-order valence-corrected chi connectivity index (χ4v) is 2.21. The summed E-state index contributed by atoms with van der Waals surface area (Å²) in [7, 11) is 1.86. The van der Waals surface area contributed by atoms with Crippen LogP contribution in [0.4, 0.5) is 0 Å². The van der Waals surface area contributed by atoms with Crippen molar-refractivity contribution in [3.63, 3.8) is 0 Å². The van der Waals surface area contributed by atoms with E-state index in [9.17, 15) is 0 Å². The van der Waals surface area contributed by atoms with Gasteiger partial charge in [-0.15, -0.1) is 11.8 Å². The van der Waals surface area contributed by atoms with Gasteiger partial charge in [-0.25, -0.2) is 4.68 Å². The van der Waals surface area contributed by atoms with E-state index in [1.54, 1.807) is 16.4 Å². The number of ether oxygens (including phenoxy) is 1. The Hall–Kier alpha value is -1.46. The molecule has 96 valence electrons. The van der Waals surface area contributed by atoms with Crippen molar-refractivity contribution in [1.82, 2.24) is 9.78 Å². The molecule has 0 aliphatic carbocycles. The molecule has 4 nitrogen and oxygen atoms in total. The first kappa shape index (κ1) is 13.0. The smallest absolute Gasteiger partial charge is 0.222 e. The van der Waals surface area contributed by atoms with Crippen molar-refractivity contribution >= 4 is 11.8 Å². The molecule has 0 fully saturated rings. The normalized spacial score (nSPS) is 10.7. The van der Waals surface area contributed by atoms with Gasteiger partial charge in [0, 0.05) is 18.5 Å². The van der Waals surface area contributed by atoms with Crippen molar-refractivity contribution in [3.05, 3.63) is 35.5 Å². The van der Waals surface area contributed by atoms with Gasteiger partial charge >= 0.3 is 0 Å². The highest BCUT2D eigenvalue weighted by molar-refractivity contribution is 7.98. The first-order chi connectivity index (χ1) is 8.65. The van der Waals surface area contributed by atoms with Crippen LogP contribution in [0.1, 0.15) is 11.3 Å². The van der Waals surface area contributed by atoms with Crippen molar-refractivity contribution < 1.29 is 4.74 Å². The molecule has 0 saturated heterocycles. The Balaban J connectivity index is 2.27. The number of rotatable bonds is 4. The molecule has 1 aromatic carbocycles. The molecule has 1 aromatic heterocycles. The van der Waals surface area contributed by atoms with Gasteiger partial charge in [0.1, 0.15) is 5.75 Å². The van der Waals surface area contributed by atoms with Crippen LogP contribution in [0.15, 0.2) is 29.2 Å². The van der Waals surface area contributed by atoms with Crippen LogP contribution >= 0.6 is 11.8 Å². The van der Waals surface area contributed by atoms with E-state index in [0.717, 1.165) is 17.0 Å². The lowest BCUT2D eigenvalue weighted by Crippen LogP contribution is -2.01. The Morgan fingerprint density at radius 3 is 2.56 bits per heavy atom. The van der Waals surface area contributed by atoms with Gasteiger partial charge in [-0.05, 0) is 37.4 Å². The fourth-order valence-electron chi connectivity index (χ4n) is 1.80. The number of hydrogen-bond acceptors (Lipinski definition) is 4. The van der Waals surface area contributed by atoms with Crippen LogP contribution in [0.5, 0.6) is 11.6 Å². The van der Waals surface area contributed by atoms with Gasteiger partial charge in [0.25, 0.3) is 0 Å². The van der Waals surface area contributed by atoms with E-state index in [1.165, 1.54) is 4.90 Å². The molecule has 0 unspecified atom stereocenters. The maximum absolute atomic E-state index is 5.86. The van der Waals surface area contributed by atoms with Gasteiger partial charge in [0.15, 0.2) is 0 Å². The van der Waals surface area contributed by atoms with Crippen LogP contribution in [-0.2, 0) is 13.6 Å². The van der Waals surface area contributed by atoms with Gasteiger partial charge < -0.3 is 10.5 Å². The van der Waals surface area contributed by atoms with Crippen molar-refractivity contribution in [1.29, 1.82) is 0 Å². The number of nitrogens with zero attached hydrogens (tertiary/aromatic N) is 2. The maximum atomic E-state index is 5.86. The molecule has 2 N–H and O–H groups in total. The topological polar surface area (TPSA) is 53.1 Å². The second-order valence-electron chi connectivity index (χ2n) is 3.97. The molecule has 1 heterocycles. The van der Waals surface area contributed by atoms with Crippen LogP contribution in [0.25, 0.3) is 0 Å². The second-order valence-corrected chi connectivity index (χ2v) is 4.85. The SMILES string of the molecule is CSc1ccc(Oc2c(CN)c(C)nn2C)cc1. The highest BCUT2D eigenvalue weighted by Gasteiger charge is 2.13. The third-order valence-corrected chi connectivity index (χ3v) is 3.51. The molecule has 0 saturated carbocycles. The van der Waals surface area contributed by atoms with E-state index in [-0.39, 0.29) is 0 Å². The van der Waals surface area contributed by atoms with Gasteiger partial charge in [0.05, 0.1) is 11.3 Å². The van der Waals surface area contributed by atoms with Crippen LogP contribution in [0.3, 0.4) is 0 Å². The molecular weight excluding hydrogens is 246 g/mol. The molecule has 0 aliphatic heterocycles. The molecule has 18 heavy (non-hydrogen) atoms. The number of nitrogens with two attached hydrogens (primary N) is 1. The van der Waals surface area contributed by atoms with Crippen LogP contribution in [0, 0.1) is 6.92 Å². The summed E-state index contributed by atoms with van der Waals surface area (Å²) in [6.45, 7) is 2.36. The average Bonchev–Trinajstić information content (AvgIpc) is 2.64. The Morgan fingerprint density at radius 1 is 1.33 bits per heavy atom. The summed E-state index contributed by atoms with van der Waals surface area (Å²) in [5.74, 6) is 1.51. The van der Waals surface area contributed by atoms with E-state index in [2.05, 4.69) is 5.10 Å². The summed E-state index contributed by atoms with van der Waals surface area (Å²) in [4.78, 5) is 1.21. The number of aryl methyl sites for hydroxylation is 2. The zero-order valence-electron chi connectivity index (χ0n) is 10.8. The minimum atomic E-state index is 0.428. The number of aromatic nitrogens is 2. The van der Waals surface area contributed by atoms with Crippen molar-refractivity contribution in [2.75, 3.05) is 6.26 Å². The van der Waals surface area contributed by atoms with Gasteiger partial charge in [-0.3, -0.25) is 0 Å². The summed E-state index contributed by atoms with van der Waals surface area (Å²) < 4.78 is 7.58. The summed E-state index contributed by atoms with van der Waals surface area (Å²) >= 11 is 1.71. The van der Waals surface area contributed by atoms with Crippen molar-refractivity contribution in [3.8, 4) is 11.6 Å². The van der Waals surface area contributed by atoms with E-state index >= 15 is 0 Å². The average molecular weight is 263 g/mol. The Kier molecular flexibility index (Phi) is 3.93. The third kappa shape index (κ3) is 2.52. The number of benzene rings is 1. The predicted molar refractivity (Wildman–Crippen MR) is 74.1 cm³/mol. The minimum Gasteiger partial charge on any atom is -0.439 e. The summed E-state index contributed by atoms with van der Waals surface area (Å²) in [6.07, 6.45) is 2.05. The monoisotopic (exact) mass is 263 g/mol. The van der Waals surface area contributed by atoms with Gasteiger partial charge in [-0.1, -0.05) is 0 Å². The van der Waals surface area contributed by atoms with Crippen LogP contribution in [0.2, 0.25) is 0 Å². The van der Waals surface area contributed by atoms with E-state index in [0.29, 0.717) is 12.4 Å². The van der Waals surface area contributed by atoms with Gasteiger partial charge in [0.2, 0.25) is 5.88 Å². The molecule has 0 aliphatic rings. The zero-order valence-corrected chi connectivity index (χ0v) is 11.6. The lowest BCUT2D eigenvalue weighted by Gasteiger charge is -2.08. The standard InChI is InChI=1S/C13H17N3OS/c1-9-12(8-14)13(16(2)15-9)17-10-4-6-11(18-3)7-5-10/h4-7H,8,14H2,1-3H3. The quantitative estimate of drug-likeness (QED) is 0.862. The van der Waals surface area contributed by atoms with E-state index < -0.39 is 0 Å². The molecular formula is C13H17N3OS.